The topological polar surface area (TPSA) is 133 Å². The number of hydrogen-bond acceptors (Lipinski definition) is 8. The summed E-state index contributed by atoms with van der Waals surface area (Å²) < 4.78 is 75.1. The van der Waals surface area contributed by atoms with Gasteiger partial charge in [-0.3, -0.25) is 9.52 Å². The molecule has 1 amide bonds. The number of hydrogen-bond donors (Lipinski definition) is 2. The van der Waals surface area contributed by atoms with Crippen molar-refractivity contribution in [1.82, 2.24) is 9.21 Å². The number of anilines is 1. The van der Waals surface area contributed by atoms with Crippen molar-refractivity contribution in [2.45, 2.75) is 35.1 Å². The van der Waals surface area contributed by atoms with E-state index in [4.69, 9.17) is 4.74 Å². The number of thiophene rings is 1. The maximum Gasteiger partial charge on any atom is 0.271 e. The summed E-state index contributed by atoms with van der Waals surface area (Å²) in [6.07, 6.45) is -0.728. The van der Waals surface area contributed by atoms with Crippen LogP contribution in [0.2, 0.25) is 0 Å². The molecule has 0 radical (unpaired) electrons. The molecule has 2 heterocycles. The van der Waals surface area contributed by atoms with E-state index in [1.165, 1.54) is 48.3 Å². The maximum absolute atomic E-state index is 13.6. The van der Waals surface area contributed by atoms with Crippen molar-refractivity contribution in [3.63, 3.8) is 0 Å². The van der Waals surface area contributed by atoms with Gasteiger partial charge in [0, 0.05) is 25.2 Å². The zero-order valence-electron chi connectivity index (χ0n) is 22.0. The average molecular weight is 612 g/mol. The summed E-state index contributed by atoms with van der Waals surface area (Å²) in [5.74, 6) is -1.25. The molecule has 0 saturated heterocycles. The van der Waals surface area contributed by atoms with E-state index in [0.29, 0.717) is 0 Å². The van der Waals surface area contributed by atoms with Gasteiger partial charge in [-0.05, 0) is 60.8 Å². The Morgan fingerprint density at radius 2 is 1.88 bits per heavy atom. The van der Waals surface area contributed by atoms with Crippen LogP contribution >= 0.6 is 11.3 Å². The number of sulfonamides is 2. The lowest BCUT2D eigenvalue weighted by Gasteiger charge is -2.38. The molecule has 0 saturated carbocycles. The second-order valence-electron chi connectivity index (χ2n) is 9.61. The Morgan fingerprint density at radius 3 is 2.50 bits per heavy atom. The lowest BCUT2D eigenvalue weighted by atomic mass is 9.99. The molecule has 2 N–H and O–H groups in total. The third-order valence-electron chi connectivity index (χ3n) is 6.64. The van der Waals surface area contributed by atoms with Gasteiger partial charge >= 0.3 is 0 Å². The summed E-state index contributed by atoms with van der Waals surface area (Å²) in [7, 11) is -6.48. The van der Waals surface area contributed by atoms with Crippen molar-refractivity contribution in [3.05, 3.63) is 71.4 Å². The van der Waals surface area contributed by atoms with Crippen molar-refractivity contribution in [2.75, 3.05) is 31.5 Å². The largest absolute Gasteiger partial charge is 0.488 e. The second kappa shape index (κ2) is 11.8. The third-order valence-corrected chi connectivity index (χ3v) is 11.3. The Kier molecular flexibility index (Phi) is 8.85. The zero-order chi connectivity index (χ0) is 29.2. The molecule has 0 bridgehead atoms. The molecule has 0 unspecified atom stereocenters. The number of fused-ring (bicyclic) bond motifs is 1. The molecule has 2 aromatic carbocycles. The summed E-state index contributed by atoms with van der Waals surface area (Å²) >= 11 is 1.05. The van der Waals surface area contributed by atoms with Crippen LogP contribution in [0.15, 0.2) is 69.1 Å². The van der Waals surface area contributed by atoms with Crippen LogP contribution in [0.4, 0.5) is 10.1 Å². The number of nitrogens with one attached hydrogen (secondary N) is 1. The van der Waals surface area contributed by atoms with E-state index < -0.39 is 43.9 Å². The van der Waals surface area contributed by atoms with Crippen molar-refractivity contribution in [2.24, 2.45) is 5.92 Å². The normalized spacial score (nSPS) is 18.9. The lowest BCUT2D eigenvalue weighted by Crippen LogP contribution is -2.50. The lowest BCUT2D eigenvalue weighted by molar-refractivity contribution is 0.0387. The molecule has 0 spiro atoms. The Hall–Kier alpha value is -3.04. The minimum Gasteiger partial charge on any atom is -0.488 e. The number of halogens is 1. The van der Waals surface area contributed by atoms with E-state index >= 15 is 0 Å². The van der Waals surface area contributed by atoms with E-state index in [1.54, 1.807) is 18.4 Å². The quantitative estimate of drug-likeness (QED) is 0.380. The highest BCUT2D eigenvalue weighted by Gasteiger charge is 2.35. The highest BCUT2D eigenvalue weighted by atomic mass is 32.2. The van der Waals surface area contributed by atoms with Crippen LogP contribution in [0.3, 0.4) is 0 Å². The number of carbonyl (C=O) groups excluding carboxylic acids is 1. The summed E-state index contributed by atoms with van der Waals surface area (Å²) in [4.78, 5) is 15.0. The van der Waals surface area contributed by atoms with Gasteiger partial charge in [0.05, 0.1) is 29.7 Å². The van der Waals surface area contributed by atoms with E-state index in [9.17, 15) is 31.1 Å². The second-order valence-corrected chi connectivity index (χ2v) is 14.5. The number of likely N-dealkylation sites (N-methyl/N-ethyl adjacent to an activating group) is 1. The monoisotopic (exact) mass is 611 g/mol. The molecule has 216 valence electrons. The van der Waals surface area contributed by atoms with E-state index in [-0.39, 0.29) is 51.7 Å². The van der Waals surface area contributed by atoms with E-state index in [0.717, 1.165) is 27.8 Å². The minimum atomic E-state index is -3.98. The standard InChI is InChI=1S/C26H30FN3O7S3/c1-17-14-30(18(2)16-31)26(32)22-13-20(28-39(33,34)25-5-4-12-38-25)8-11-23(22)37-24(17)15-29(3)40(35,36)21-9-6-19(27)7-10-21/h4-13,17-18,24,28,31H,14-16H2,1-3H3/t17-,18-,24+/m0/s1. The molecule has 1 aromatic heterocycles. The highest BCUT2D eigenvalue weighted by molar-refractivity contribution is 7.94. The van der Waals surface area contributed by atoms with Crippen molar-refractivity contribution in [3.8, 4) is 5.75 Å². The highest BCUT2D eigenvalue weighted by Crippen LogP contribution is 2.32. The van der Waals surface area contributed by atoms with Crippen LogP contribution < -0.4 is 9.46 Å². The molecule has 4 rings (SSSR count). The van der Waals surface area contributed by atoms with Crippen molar-refractivity contribution < 1.29 is 35.9 Å². The summed E-state index contributed by atoms with van der Waals surface area (Å²) in [6, 6.07) is 11.3. The van der Waals surface area contributed by atoms with Gasteiger partial charge in [-0.1, -0.05) is 13.0 Å². The molecule has 40 heavy (non-hydrogen) atoms. The summed E-state index contributed by atoms with van der Waals surface area (Å²) in [6.45, 7) is 3.21. The summed E-state index contributed by atoms with van der Waals surface area (Å²) in [5, 5.41) is 11.5. The number of amides is 1. The van der Waals surface area contributed by atoms with Crippen LogP contribution in [0, 0.1) is 11.7 Å². The molecular formula is C26H30FN3O7S3. The first-order valence-electron chi connectivity index (χ1n) is 12.3. The molecule has 14 heteroatoms. The van der Waals surface area contributed by atoms with E-state index in [1.807, 2.05) is 6.92 Å². The average Bonchev–Trinajstić information content (AvgIpc) is 3.47. The van der Waals surface area contributed by atoms with Gasteiger partial charge in [-0.2, -0.15) is 4.31 Å². The van der Waals surface area contributed by atoms with Gasteiger partial charge in [0.2, 0.25) is 10.0 Å². The maximum atomic E-state index is 13.6. The Balaban J connectivity index is 1.68. The Labute approximate surface area is 237 Å². The number of rotatable bonds is 9. The number of ether oxygens (including phenoxy) is 1. The zero-order valence-corrected chi connectivity index (χ0v) is 24.5. The van der Waals surface area contributed by atoms with Crippen LogP contribution in [0.5, 0.6) is 5.75 Å². The fourth-order valence-electron chi connectivity index (χ4n) is 4.26. The SMILES string of the molecule is C[C@H]1CN([C@@H](C)CO)C(=O)c2cc(NS(=O)(=O)c3cccs3)ccc2O[C@@H]1CN(C)S(=O)(=O)c1ccc(F)cc1. The van der Waals surface area contributed by atoms with Gasteiger partial charge in [-0.25, -0.2) is 21.2 Å². The number of benzene rings is 2. The molecule has 0 aliphatic carbocycles. The minimum absolute atomic E-state index is 0.0626. The van der Waals surface area contributed by atoms with Gasteiger partial charge in [0.25, 0.3) is 15.9 Å². The molecule has 1 aliphatic rings. The molecule has 0 fully saturated rings. The van der Waals surface area contributed by atoms with Gasteiger partial charge in [-0.15, -0.1) is 11.3 Å². The van der Waals surface area contributed by atoms with Gasteiger partial charge in [0.1, 0.15) is 21.9 Å². The number of nitrogens with zero attached hydrogens (tertiary/aromatic N) is 2. The fraction of sp³-hybridized carbons (Fsp3) is 0.346. The van der Waals surface area contributed by atoms with Crippen LogP contribution in [-0.4, -0.2) is 75.9 Å². The van der Waals surface area contributed by atoms with Crippen LogP contribution in [0.1, 0.15) is 24.2 Å². The number of carbonyl (C=O) groups is 1. The first-order valence-corrected chi connectivity index (χ1v) is 16.1. The first-order chi connectivity index (χ1) is 18.8. The number of aliphatic hydroxyl groups excluding tert-OH is 1. The fourth-order valence-corrected chi connectivity index (χ4v) is 7.49. The Morgan fingerprint density at radius 1 is 1.18 bits per heavy atom. The van der Waals surface area contributed by atoms with Crippen LogP contribution in [-0.2, 0) is 20.0 Å². The molecule has 3 atom stereocenters. The van der Waals surface area contributed by atoms with Crippen molar-refractivity contribution in [1.29, 1.82) is 0 Å². The molecule has 3 aromatic rings. The molecule has 10 nitrogen and oxygen atoms in total. The van der Waals surface area contributed by atoms with Gasteiger partial charge in [0.15, 0.2) is 0 Å². The van der Waals surface area contributed by atoms with Crippen LogP contribution in [0.25, 0.3) is 0 Å². The first kappa shape index (κ1) is 29.9. The predicted molar refractivity (Wildman–Crippen MR) is 149 cm³/mol. The van der Waals surface area contributed by atoms with Crippen molar-refractivity contribution >= 4 is 43.0 Å². The molecular weight excluding hydrogens is 581 g/mol. The summed E-state index contributed by atoms with van der Waals surface area (Å²) in [5.41, 5.74) is 0.203. The Bertz CT molecular complexity index is 1560. The number of aliphatic hydroxyl groups is 1. The predicted octanol–water partition coefficient (Wildman–Crippen LogP) is 3.23. The molecule has 1 aliphatic heterocycles. The smallest absolute Gasteiger partial charge is 0.271 e. The van der Waals surface area contributed by atoms with Gasteiger partial charge < -0.3 is 14.7 Å². The van der Waals surface area contributed by atoms with E-state index in [2.05, 4.69) is 4.72 Å². The third kappa shape index (κ3) is 6.31.